The molecule has 174 valence electrons. The van der Waals surface area contributed by atoms with E-state index >= 15 is 8.78 Å². The number of ketones is 1. The summed E-state index contributed by atoms with van der Waals surface area (Å²) in [5.74, 6) is -0.943. The standard InChI is InChI=1S/C24H34F2O4S/c1-5-6-20-29-19-11-14-15-10-17(25)16-9-13(27)7-8-21(16,2)23(15,26)18(28)12-22(14,3)24(19,30-20)31-4/h9,14-15,17-20,28H,5-8,10-12H2,1-4H3/t14-,15-,17-,18-,19+,20?,21-,22-,23-,24-/m0/s1. The highest BCUT2D eigenvalue weighted by Crippen LogP contribution is 2.74. The monoisotopic (exact) mass is 456 g/mol. The van der Waals surface area contributed by atoms with Crippen LogP contribution in [0.2, 0.25) is 0 Å². The molecule has 0 aromatic heterocycles. The van der Waals surface area contributed by atoms with Gasteiger partial charge in [0.1, 0.15) is 16.8 Å². The zero-order valence-corrected chi connectivity index (χ0v) is 19.6. The molecule has 5 aliphatic rings. The minimum Gasteiger partial charge on any atom is -0.390 e. The summed E-state index contributed by atoms with van der Waals surface area (Å²) < 4.78 is 45.5. The van der Waals surface area contributed by atoms with Crippen molar-refractivity contribution in [3.8, 4) is 0 Å². The minimum atomic E-state index is -1.96. The maximum absolute atomic E-state index is 17.2. The van der Waals surface area contributed by atoms with Crippen molar-refractivity contribution in [3.63, 3.8) is 0 Å². The lowest BCUT2D eigenvalue weighted by molar-refractivity contribution is -0.232. The van der Waals surface area contributed by atoms with Gasteiger partial charge in [0, 0.05) is 23.2 Å². The van der Waals surface area contributed by atoms with Gasteiger partial charge in [-0.1, -0.05) is 27.2 Å². The van der Waals surface area contributed by atoms with Gasteiger partial charge in [-0.25, -0.2) is 8.78 Å². The van der Waals surface area contributed by atoms with E-state index in [1.807, 2.05) is 6.26 Å². The molecule has 0 aromatic carbocycles. The van der Waals surface area contributed by atoms with Gasteiger partial charge in [-0.15, -0.1) is 11.8 Å². The molecule has 4 aliphatic carbocycles. The smallest absolute Gasteiger partial charge is 0.160 e. The van der Waals surface area contributed by atoms with Crippen LogP contribution in [0.25, 0.3) is 0 Å². The maximum atomic E-state index is 17.2. The number of fused-ring (bicyclic) bond motifs is 7. The molecule has 0 bridgehead atoms. The molecule has 1 heterocycles. The molecule has 1 N–H and O–H groups in total. The van der Waals surface area contributed by atoms with Crippen molar-refractivity contribution in [2.24, 2.45) is 22.7 Å². The lowest BCUT2D eigenvalue weighted by atomic mass is 9.44. The van der Waals surface area contributed by atoms with Crippen LogP contribution in [0, 0.1) is 22.7 Å². The van der Waals surface area contributed by atoms with Gasteiger partial charge in [0.25, 0.3) is 0 Å². The molecule has 4 nitrogen and oxygen atoms in total. The van der Waals surface area contributed by atoms with Crippen LogP contribution in [0.1, 0.15) is 65.7 Å². The molecule has 7 heteroatoms. The third kappa shape index (κ3) is 2.55. The number of alkyl halides is 2. The summed E-state index contributed by atoms with van der Waals surface area (Å²) in [5.41, 5.74) is -3.41. The van der Waals surface area contributed by atoms with E-state index in [4.69, 9.17) is 9.47 Å². The van der Waals surface area contributed by atoms with Gasteiger partial charge >= 0.3 is 0 Å². The van der Waals surface area contributed by atoms with Gasteiger partial charge in [0.15, 0.2) is 12.1 Å². The average molecular weight is 457 g/mol. The zero-order chi connectivity index (χ0) is 22.4. The molecule has 0 aromatic rings. The minimum absolute atomic E-state index is 0.00190. The second kappa shape index (κ2) is 7.00. The number of hydrogen-bond donors (Lipinski definition) is 1. The van der Waals surface area contributed by atoms with E-state index in [1.54, 1.807) is 18.7 Å². The number of aliphatic hydroxyl groups is 1. The van der Waals surface area contributed by atoms with Crippen molar-refractivity contribution in [2.75, 3.05) is 6.26 Å². The Bertz CT molecular complexity index is 821. The molecule has 0 radical (unpaired) electrons. The first kappa shape index (κ1) is 22.3. The molecule has 1 aliphatic heterocycles. The number of halogens is 2. The molecule has 1 saturated heterocycles. The predicted molar refractivity (Wildman–Crippen MR) is 115 cm³/mol. The molecule has 3 saturated carbocycles. The van der Waals surface area contributed by atoms with Crippen LogP contribution in [-0.2, 0) is 14.3 Å². The van der Waals surface area contributed by atoms with Crippen molar-refractivity contribution in [1.82, 2.24) is 0 Å². The fourth-order valence-electron chi connectivity index (χ4n) is 8.04. The largest absolute Gasteiger partial charge is 0.390 e. The number of carbonyl (C=O) groups is 1. The predicted octanol–water partition coefficient (Wildman–Crippen LogP) is 4.74. The Balaban J connectivity index is 1.58. The van der Waals surface area contributed by atoms with E-state index in [9.17, 15) is 9.90 Å². The van der Waals surface area contributed by atoms with Gasteiger partial charge in [0.2, 0.25) is 0 Å². The summed E-state index contributed by atoms with van der Waals surface area (Å²) in [7, 11) is 0. The highest BCUT2D eigenvalue weighted by molar-refractivity contribution is 7.99. The first-order valence-electron chi connectivity index (χ1n) is 11.7. The van der Waals surface area contributed by atoms with Crippen LogP contribution >= 0.6 is 11.8 Å². The summed E-state index contributed by atoms with van der Waals surface area (Å²) in [4.78, 5) is 11.4. The Kier molecular flexibility index (Phi) is 5.04. The van der Waals surface area contributed by atoms with Crippen LogP contribution in [0.4, 0.5) is 8.78 Å². The molecular weight excluding hydrogens is 422 g/mol. The molecule has 31 heavy (non-hydrogen) atoms. The molecule has 0 amide bonds. The fourth-order valence-corrected chi connectivity index (χ4v) is 9.35. The first-order chi connectivity index (χ1) is 14.6. The molecule has 10 atom stereocenters. The number of ether oxygens (including phenoxy) is 2. The van der Waals surface area contributed by atoms with Gasteiger partial charge in [0.05, 0.1) is 12.2 Å². The summed E-state index contributed by atoms with van der Waals surface area (Å²) in [6, 6.07) is 0. The number of carbonyl (C=O) groups excluding carboxylic acids is 1. The van der Waals surface area contributed by atoms with Crippen molar-refractivity contribution >= 4 is 17.5 Å². The van der Waals surface area contributed by atoms with E-state index in [1.165, 1.54) is 6.08 Å². The molecule has 5 rings (SSSR count). The highest BCUT2D eigenvalue weighted by Gasteiger charge is 2.78. The topological polar surface area (TPSA) is 55.8 Å². The van der Waals surface area contributed by atoms with E-state index in [-0.39, 0.29) is 55.4 Å². The molecule has 0 spiro atoms. The van der Waals surface area contributed by atoms with Gasteiger partial charge in [-0.2, -0.15) is 0 Å². The van der Waals surface area contributed by atoms with Gasteiger partial charge in [-0.3, -0.25) is 4.79 Å². The van der Waals surface area contributed by atoms with Crippen LogP contribution in [0.15, 0.2) is 11.6 Å². The van der Waals surface area contributed by atoms with Gasteiger partial charge < -0.3 is 14.6 Å². The van der Waals surface area contributed by atoms with Gasteiger partial charge in [-0.05, 0) is 55.9 Å². The second-order valence-electron chi connectivity index (χ2n) is 10.8. The number of hydrogen-bond acceptors (Lipinski definition) is 5. The average Bonchev–Trinajstić information content (AvgIpc) is 3.18. The lowest BCUT2D eigenvalue weighted by Gasteiger charge is -2.64. The van der Waals surface area contributed by atoms with E-state index in [0.717, 1.165) is 12.8 Å². The van der Waals surface area contributed by atoms with Crippen LogP contribution in [0.5, 0.6) is 0 Å². The quantitative estimate of drug-likeness (QED) is 0.665. The van der Waals surface area contributed by atoms with E-state index in [0.29, 0.717) is 6.42 Å². The lowest BCUT2D eigenvalue weighted by Crippen LogP contribution is -2.70. The number of rotatable bonds is 3. The Morgan fingerprint density at radius 1 is 1.29 bits per heavy atom. The van der Waals surface area contributed by atoms with Crippen LogP contribution in [-0.4, -0.2) is 52.4 Å². The first-order valence-corrected chi connectivity index (χ1v) is 12.9. The van der Waals surface area contributed by atoms with E-state index in [2.05, 4.69) is 13.8 Å². The Morgan fingerprint density at radius 3 is 2.71 bits per heavy atom. The molecule has 1 unspecified atom stereocenters. The third-order valence-electron chi connectivity index (χ3n) is 9.55. The molecular formula is C24H34F2O4S. The summed E-state index contributed by atoms with van der Waals surface area (Å²) in [5, 5.41) is 11.4. The highest BCUT2D eigenvalue weighted by atomic mass is 32.2. The number of aliphatic hydroxyl groups excluding tert-OH is 1. The van der Waals surface area contributed by atoms with Crippen molar-refractivity contribution in [1.29, 1.82) is 0 Å². The Labute approximate surface area is 187 Å². The van der Waals surface area contributed by atoms with Crippen LogP contribution < -0.4 is 0 Å². The SMILES string of the molecule is CCCC1O[C@@H]2C[C@H]3[C@@H]4C[C@H](F)C5=CC(=O)CC[C@]5(C)[C@@]4(F)[C@@H](O)C[C@]3(C)[C@]2(SC)O1. The molecule has 4 fully saturated rings. The second-order valence-corrected chi connectivity index (χ2v) is 11.8. The Hall–Kier alpha value is -0.500. The summed E-state index contributed by atoms with van der Waals surface area (Å²) in [6.07, 6.45) is 3.26. The van der Waals surface area contributed by atoms with Crippen molar-refractivity contribution < 1.29 is 28.2 Å². The third-order valence-corrected chi connectivity index (χ3v) is 11.0. The van der Waals surface area contributed by atoms with Crippen molar-refractivity contribution in [3.05, 3.63) is 11.6 Å². The number of allylic oxidation sites excluding steroid dienone is 1. The maximum Gasteiger partial charge on any atom is 0.160 e. The van der Waals surface area contributed by atoms with Crippen molar-refractivity contribution in [2.45, 2.75) is 101 Å². The fraction of sp³-hybridized carbons (Fsp3) is 0.875. The zero-order valence-electron chi connectivity index (χ0n) is 18.8. The van der Waals surface area contributed by atoms with Crippen LogP contribution in [0.3, 0.4) is 0 Å². The number of thioether (sulfide) groups is 1. The Morgan fingerprint density at radius 2 is 2.03 bits per heavy atom. The normalized spacial score (nSPS) is 55.8. The summed E-state index contributed by atoms with van der Waals surface area (Å²) in [6.45, 7) is 5.89. The van der Waals surface area contributed by atoms with E-state index < -0.39 is 39.6 Å². The summed E-state index contributed by atoms with van der Waals surface area (Å²) >= 11 is 1.60.